The van der Waals surface area contributed by atoms with E-state index in [-0.39, 0.29) is 11.8 Å². The lowest BCUT2D eigenvalue weighted by atomic mass is 10.1. The van der Waals surface area contributed by atoms with Gasteiger partial charge in [-0.05, 0) is 36.1 Å². The smallest absolute Gasteiger partial charge is 0.221 e. The molecule has 4 nitrogen and oxygen atoms in total. The standard InChI is InChI=1S/C21H25ClN2O2/c1-17(25)24(15-12-18-5-3-2-4-6-18)16-13-21(26)23-14-11-19-7-9-20(22)10-8-19/h2-10H,11-16H2,1H3,(H,23,26). The van der Waals surface area contributed by atoms with Gasteiger partial charge in [0.25, 0.3) is 0 Å². The maximum absolute atomic E-state index is 12.0. The number of benzene rings is 2. The van der Waals surface area contributed by atoms with E-state index in [9.17, 15) is 9.59 Å². The monoisotopic (exact) mass is 372 g/mol. The highest BCUT2D eigenvalue weighted by Crippen LogP contribution is 2.09. The molecule has 0 aromatic heterocycles. The number of carbonyl (C=O) groups excluding carboxylic acids is 2. The summed E-state index contributed by atoms with van der Waals surface area (Å²) >= 11 is 5.86. The number of carbonyl (C=O) groups is 2. The van der Waals surface area contributed by atoms with Crippen LogP contribution < -0.4 is 5.32 Å². The Balaban J connectivity index is 1.69. The van der Waals surface area contributed by atoms with Crippen molar-refractivity contribution >= 4 is 23.4 Å². The van der Waals surface area contributed by atoms with E-state index in [1.54, 1.807) is 11.8 Å². The fourth-order valence-electron chi connectivity index (χ4n) is 2.66. The minimum atomic E-state index is -0.0371. The van der Waals surface area contributed by atoms with Crippen molar-refractivity contribution in [3.8, 4) is 0 Å². The molecule has 0 saturated carbocycles. The minimum absolute atomic E-state index is 0.00473. The Morgan fingerprint density at radius 3 is 2.23 bits per heavy atom. The highest BCUT2D eigenvalue weighted by atomic mass is 35.5. The van der Waals surface area contributed by atoms with Crippen LogP contribution in [0.5, 0.6) is 0 Å². The van der Waals surface area contributed by atoms with Gasteiger partial charge >= 0.3 is 0 Å². The van der Waals surface area contributed by atoms with Crippen LogP contribution >= 0.6 is 11.6 Å². The van der Waals surface area contributed by atoms with Crippen molar-refractivity contribution in [1.82, 2.24) is 10.2 Å². The van der Waals surface area contributed by atoms with E-state index < -0.39 is 0 Å². The summed E-state index contributed by atoms with van der Waals surface area (Å²) in [4.78, 5) is 25.5. The number of amides is 2. The molecule has 0 aliphatic heterocycles. The number of rotatable bonds is 9. The van der Waals surface area contributed by atoms with Crippen molar-refractivity contribution in [2.24, 2.45) is 0 Å². The third kappa shape index (κ3) is 7.28. The molecular formula is C21H25ClN2O2. The zero-order valence-electron chi connectivity index (χ0n) is 15.1. The molecule has 2 aromatic carbocycles. The van der Waals surface area contributed by atoms with Crippen molar-refractivity contribution in [3.63, 3.8) is 0 Å². The van der Waals surface area contributed by atoms with E-state index in [2.05, 4.69) is 5.32 Å². The third-order valence-corrected chi connectivity index (χ3v) is 4.47. The van der Waals surface area contributed by atoms with E-state index >= 15 is 0 Å². The lowest BCUT2D eigenvalue weighted by molar-refractivity contribution is -0.129. The number of nitrogens with zero attached hydrogens (tertiary/aromatic N) is 1. The topological polar surface area (TPSA) is 49.4 Å². The van der Waals surface area contributed by atoms with Gasteiger partial charge in [0.05, 0.1) is 0 Å². The van der Waals surface area contributed by atoms with E-state index in [4.69, 9.17) is 11.6 Å². The first-order valence-electron chi connectivity index (χ1n) is 8.85. The number of halogens is 1. The molecule has 138 valence electrons. The average Bonchev–Trinajstić information content (AvgIpc) is 2.64. The summed E-state index contributed by atoms with van der Waals surface area (Å²) in [5, 5.41) is 3.61. The highest BCUT2D eigenvalue weighted by Gasteiger charge is 2.11. The first-order chi connectivity index (χ1) is 12.5. The average molecular weight is 373 g/mol. The van der Waals surface area contributed by atoms with E-state index in [0.29, 0.717) is 31.1 Å². The van der Waals surface area contributed by atoms with Crippen LogP contribution in [0.15, 0.2) is 54.6 Å². The number of hydrogen-bond donors (Lipinski definition) is 1. The summed E-state index contributed by atoms with van der Waals surface area (Å²) in [5.41, 5.74) is 2.31. The molecule has 0 unspecified atom stereocenters. The minimum Gasteiger partial charge on any atom is -0.356 e. The van der Waals surface area contributed by atoms with Gasteiger partial charge in [0.15, 0.2) is 0 Å². The Kier molecular flexibility index (Phi) is 8.16. The zero-order chi connectivity index (χ0) is 18.8. The van der Waals surface area contributed by atoms with Gasteiger partial charge in [-0.25, -0.2) is 0 Å². The normalized spacial score (nSPS) is 10.4. The summed E-state index contributed by atoms with van der Waals surface area (Å²) in [6, 6.07) is 17.6. The summed E-state index contributed by atoms with van der Waals surface area (Å²) < 4.78 is 0. The second-order valence-electron chi connectivity index (χ2n) is 6.22. The SMILES string of the molecule is CC(=O)N(CCC(=O)NCCc1ccc(Cl)cc1)CCc1ccccc1. The molecule has 26 heavy (non-hydrogen) atoms. The van der Waals surface area contributed by atoms with Crippen LogP contribution in [0.3, 0.4) is 0 Å². The summed E-state index contributed by atoms with van der Waals surface area (Å²) in [7, 11) is 0. The summed E-state index contributed by atoms with van der Waals surface area (Å²) in [6.07, 6.45) is 1.86. The first kappa shape index (κ1) is 20.0. The van der Waals surface area contributed by atoms with Gasteiger partial charge in [0.2, 0.25) is 11.8 Å². The zero-order valence-corrected chi connectivity index (χ0v) is 15.8. The Hall–Kier alpha value is -2.33. The van der Waals surface area contributed by atoms with Gasteiger partial charge in [-0.1, -0.05) is 54.1 Å². The van der Waals surface area contributed by atoms with Gasteiger partial charge in [-0.3, -0.25) is 9.59 Å². The summed E-state index contributed by atoms with van der Waals surface area (Å²) in [5.74, 6) is -0.0418. The number of nitrogens with one attached hydrogen (secondary N) is 1. The van der Waals surface area contributed by atoms with Gasteiger partial charge in [-0.2, -0.15) is 0 Å². The van der Waals surface area contributed by atoms with Gasteiger partial charge in [-0.15, -0.1) is 0 Å². The summed E-state index contributed by atoms with van der Waals surface area (Å²) in [6.45, 7) is 3.18. The Morgan fingerprint density at radius 2 is 1.58 bits per heavy atom. The molecule has 5 heteroatoms. The largest absolute Gasteiger partial charge is 0.356 e. The van der Waals surface area contributed by atoms with Crippen LogP contribution in [0, 0.1) is 0 Å². The van der Waals surface area contributed by atoms with Crippen LogP contribution in [-0.4, -0.2) is 36.3 Å². The molecule has 0 saturated heterocycles. The maximum Gasteiger partial charge on any atom is 0.221 e. The highest BCUT2D eigenvalue weighted by molar-refractivity contribution is 6.30. The fraction of sp³-hybridized carbons (Fsp3) is 0.333. The van der Waals surface area contributed by atoms with Gasteiger partial charge in [0, 0.05) is 38.0 Å². The van der Waals surface area contributed by atoms with E-state index in [1.165, 1.54) is 5.56 Å². The maximum atomic E-state index is 12.0. The van der Waals surface area contributed by atoms with Crippen LogP contribution in [-0.2, 0) is 22.4 Å². The quantitative estimate of drug-likeness (QED) is 0.732. The molecule has 2 amide bonds. The Labute approximate surface area is 160 Å². The molecule has 0 spiro atoms. The van der Waals surface area contributed by atoms with Crippen LogP contribution in [0.25, 0.3) is 0 Å². The fourth-order valence-corrected chi connectivity index (χ4v) is 2.78. The molecule has 1 N–H and O–H groups in total. The Bertz CT molecular complexity index is 702. The van der Waals surface area contributed by atoms with Crippen LogP contribution in [0.1, 0.15) is 24.5 Å². The molecular weight excluding hydrogens is 348 g/mol. The molecule has 0 bridgehead atoms. The molecule has 2 rings (SSSR count). The molecule has 0 heterocycles. The second-order valence-corrected chi connectivity index (χ2v) is 6.65. The van der Waals surface area contributed by atoms with Crippen molar-refractivity contribution in [2.45, 2.75) is 26.2 Å². The Morgan fingerprint density at radius 1 is 0.923 bits per heavy atom. The van der Waals surface area contributed by atoms with Crippen molar-refractivity contribution in [2.75, 3.05) is 19.6 Å². The molecule has 0 aliphatic rings. The van der Waals surface area contributed by atoms with Crippen molar-refractivity contribution < 1.29 is 9.59 Å². The lowest BCUT2D eigenvalue weighted by Gasteiger charge is -2.21. The van der Waals surface area contributed by atoms with Crippen molar-refractivity contribution in [1.29, 1.82) is 0 Å². The second kappa shape index (κ2) is 10.6. The molecule has 0 atom stereocenters. The molecule has 0 fully saturated rings. The molecule has 0 radical (unpaired) electrons. The predicted octanol–water partition coefficient (Wildman–Crippen LogP) is 3.48. The third-order valence-electron chi connectivity index (χ3n) is 4.22. The van der Waals surface area contributed by atoms with Gasteiger partial charge in [0.1, 0.15) is 0 Å². The number of hydrogen-bond acceptors (Lipinski definition) is 2. The van der Waals surface area contributed by atoms with Crippen molar-refractivity contribution in [3.05, 3.63) is 70.7 Å². The van der Waals surface area contributed by atoms with E-state index in [0.717, 1.165) is 18.4 Å². The van der Waals surface area contributed by atoms with E-state index in [1.807, 2.05) is 54.6 Å². The molecule has 2 aromatic rings. The van der Waals surface area contributed by atoms with Gasteiger partial charge < -0.3 is 10.2 Å². The molecule has 0 aliphatic carbocycles. The van der Waals surface area contributed by atoms with Crippen LogP contribution in [0.2, 0.25) is 5.02 Å². The van der Waals surface area contributed by atoms with Crippen LogP contribution in [0.4, 0.5) is 0 Å². The first-order valence-corrected chi connectivity index (χ1v) is 9.23. The lowest BCUT2D eigenvalue weighted by Crippen LogP contribution is -2.35. The predicted molar refractivity (Wildman–Crippen MR) is 105 cm³/mol.